The van der Waals surface area contributed by atoms with E-state index >= 15 is 0 Å². The molecule has 2 aromatic carbocycles. The number of para-hydroxylation sites is 2. The zero-order chi connectivity index (χ0) is 25.0. The van der Waals surface area contributed by atoms with E-state index in [-0.39, 0.29) is 23.7 Å². The van der Waals surface area contributed by atoms with Crippen LogP contribution < -0.4 is 15.0 Å². The Kier molecular flexibility index (Phi) is 7.42. The number of nitrogens with one attached hydrogen (secondary N) is 1. The Morgan fingerprint density at radius 3 is 2.46 bits per heavy atom. The number of aromatic nitrogens is 2. The fourth-order valence-electron chi connectivity index (χ4n) is 4.18. The molecule has 1 fully saturated rings. The number of anilines is 1. The molecule has 0 radical (unpaired) electrons. The van der Waals surface area contributed by atoms with Crippen molar-refractivity contribution in [1.29, 1.82) is 0 Å². The number of amides is 1. The van der Waals surface area contributed by atoms with Crippen molar-refractivity contribution < 1.29 is 17.9 Å². The number of hydrogen-bond acceptors (Lipinski definition) is 6. The Morgan fingerprint density at radius 2 is 1.74 bits per heavy atom. The van der Waals surface area contributed by atoms with Crippen LogP contribution in [0.15, 0.2) is 59.8 Å². The van der Waals surface area contributed by atoms with E-state index in [1.54, 1.807) is 7.05 Å². The Balaban J connectivity index is 1.48. The zero-order valence-electron chi connectivity index (χ0n) is 20.3. The monoisotopic (exact) mass is 497 g/mol. The Bertz CT molecular complexity index is 1300. The second-order valence-corrected chi connectivity index (χ2v) is 10.3. The number of carbonyl (C=O) groups is 1. The highest BCUT2D eigenvalue weighted by molar-refractivity contribution is 7.89. The molecule has 35 heavy (non-hydrogen) atoms. The molecule has 1 amide bonds. The van der Waals surface area contributed by atoms with Crippen molar-refractivity contribution in [2.75, 3.05) is 37.7 Å². The zero-order valence-corrected chi connectivity index (χ0v) is 21.1. The van der Waals surface area contributed by atoms with Crippen molar-refractivity contribution in [2.45, 2.75) is 25.4 Å². The lowest BCUT2D eigenvalue weighted by atomic mass is 10.1. The van der Waals surface area contributed by atoms with Gasteiger partial charge >= 0.3 is 0 Å². The van der Waals surface area contributed by atoms with Crippen LogP contribution in [0.3, 0.4) is 0 Å². The lowest BCUT2D eigenvalue weighted by Gasteiger charge is -2.35. The van der Waals surface area contributed by atoms with Gasteiger partial charge in [-0.3, -0.25) is 9.48 Å². The quantitative estimate of drug-likeness (QED) is 0.514. The van der Waals surface area contributed by atoms with E-state index in [2.05, 4.69) is 15.3 Å². The molecular weight excluding hydrogens is 466 g/mol. The molecule has 1 aliphatic rings. The molecule has 0 saturated carbocycles. The molecule has 1 saturated heterocycles. The summed E-state index contributed by atoms with van der Waals surface area (Å²) in [6.07, 6.45) is 1.45. The number of hydrogen-bond donors (Lipinski definition) is 1. The van der Waals surface area contributed by atoms with Gasteiger partial charge in [0.2, 0.25) is 5.03 Å². The molecular formula is C25H31N5O4S. The number of nitrogens with zero attached hydrogens (tertiary/aromatic N) is 4. The maximum Gasteiger partial charge on any atom is 0.263 e. The van der Waals surface area contributed by atoms with E-state index in [1.165, 1.54) is 15.2 Å². The first-order chi connectivity index (χ1) is 16.8. The highest BCUT2D eigenvalue weighted by Crippen LogP contribution is 2.30. The van der Waals surface area contributed by atoms with Crippen molar-refractivity contribution in [1.82, 2.24) is 19.4 Å². The highest BCUT2D eigenvalue weighted by Gasteiger charge is 2.35. The number of sulfonamides is 1. The van der Waals surface area contributed by atoms with Gasteiger partial charge in [0.15, 0.2) is 0 Å². The average molecular weight is 498 g/mol. The molecule has 4 rings (SSSR count). The fourth-order valence-corrected chi connectivity index (χ4v) is 5.72. The SMILES string of the molecule is CCOc1ccccc1N1CCN(S(=O)(=O)c2nn(C)cc2C(=O)NCc2ccccc2C)CC1. The lowest BCUT2D eigenvalue weighted by Crippen LogP contribution is -2.49. The van der Waals surface area contributed by atoms with E-state index in [4.69, 9.17) is 4.74 Å². The van der Waals surface area contributed by atoms with Crippen molar-refractivity contribution in [3.63, 3.8) is 0 Å². The minimum absolute atomic E-state index is 0.0465. The number of carbonyl (C=O) groups excluding carboxylic acids is 1. The van der Waals surface area contributed by atoms with E-state index in [9.17, 15) is 13.2 Å². The van der Waals surface area contributed by atoms with Gasteiger partial charge in [-0.2, -0.15) is 9.40 Å². The van der Waals surface area contributed by atoms with Crippen LogP contribution in [-0.2, 0) is 23.6 Å². The average Bonchev–Trinajstić information content (AvgIpc) is 3.27. The summed E-state index contributed by atoms with van der Waals surface area (Å²) < 4.78 is 35.5. The highest BCUT2D eigenvalue weighted by atomic mass is 32.2. The van der Waals surface area contributed by atoms with Crippen LogP contribution in [0.2, 0.25) is 0 Å². The standard InChI is InChI=1S/C25H31N5O4S/c1-4-34-23-12-8-7-11-22(23)29-13-15-30(16-14-29)35(32,33)25-21(18-28(3)27-25)24(31)26-17-20-10-6-5-9-19(20)2/h5-12,18H,4,13-17H2,1-3H3,(H,26,31). The Morgan fingerprint density at radius 1 is 1.06 bits per heavy atom. The smallest absolute Gasteiger partial charge is 0.263 e. The van der Waals surface area contributed by atoms with Crippen LogP contribution in [0, 0.1) is 6.92 Å². The third-order valence-corrected chi connectivity index (χ3v) is 7.90. The first-order valence-electron chi connectivity index (χ1n) is 11.6. The molecule has 1 N–H and O–H groups in total. The largest absolute Gasteiger partial charge is 0.492 e. The molecule has 2 heterocycles. The molecule has 186 valence electrons. The number of rotatable bonds is 8. The van der Waals surface area contributed by atoms with Crippen LogP contribution in [0.1, 0.15) is 28.4 Å². The second-order valence-electron chi connectivity index (χ2n) is 8.42. The number of ether oxygens (including phenoxy) is 1. The molecule has 0 spiro atoms. The van der Waals surface area contributed by atoms with Gasteiger partial charge in [0.1, 0.15) is 5.75 Å². The molecule has 0 aliphatic carbocycles. The molecule has 0 unspecified atom stereocenters. The molecule has 0 atom stereocenters. The number of benzene rings is 2. The summed E-state index contributed by atoms with van der Waals surface area (Å²) in [5.41, 5.74) is 3.01. The van der Waals surface area contributed by atoms with Crippen LogP contribution in [0.4, 0.5) is 5.69 Å². The van der Waals surface area contributed by atoms with Crippen LogP contribution in [0.25, 0.3) is 0 Å². The van der Waals surface area contributed by atoms with E-state index in [0.717, 1.165) is 22.6 Å². The minimum Gasteiger partial charge on any atom is -0.492 e. The van der Waals surface area contributed by atoms with E-state index in [1.807, 2.05) is 62.4 Å². The van der Waals surface area contributed by atoms with Gasteiger partial charge in [-0.25, -0.2) is 8.42 Å². The summed E-state index contributed by atoms with van der Waals surface area (Å²) in [5, 5.41) is 6.78. The van der Waals surface area contributed by atoms with Crippen molar-refractivity contribution in [2.24, 2.45) is 7.05 Å². The van der Waals surface area contributed by atoms with Crippen LogP contribution >= 0.6 is 0 Å². The van der Waals surface area contributed by atoms with Crippen LogP contribution in [0.5, 0.6) is 5.75 Å². The third-order valence-electron chi connectivity index (χ3n) is 6.07. The molecule has 0 bridgehead atoms. The molecule has 9 nitrogen and oxygen atoms in total. The summed E-state index contributed by atoms with van der Waals surface area (Å²) in [6.45, 7) is 6.33. The van der Waals surface area contributed by atoms with Gasteiger partial charge in [0, 0.05) is 46.0 Å². The summed E-state index contributed by atoms with van der Waals surface area (Å²) >= 11 is 0. The molecule has 10 heteroatoms. The summed E-state index contributed by atoms with van der Waals surface area (Å²) in [5.74, 6) is 0.313. The number of aryl methyl sites for hydroxylation is 2. The minimum atomic E-state index is -3.95. The maximum absolute atomic E-state index is 13.5. The summed E-state index contributed by atoms with van der Waals surface area (Å²) in [7, 11) is -2.34. The van der Waals surface area contributed by atoms with Gasteiger partial charge in [0.05, 0.1) is 17.9 Å². The molecule has 1 aliphatic heterocycles. The van der Waals surface area contributed by atoms with Crippen molar-refractivity contribution >= 4 is 21.6 Å². The van der Waals surface area contributed by atoms with Gasteiger partial charge < -0.3 is 15.0 Å². The molecule has 1 aromatic heterocycles. The third kappa shape index (κ3) is 5.33. The van der Waals surface area contributed by atoms with Gasteiger partial charge in [-0.15, -0.1) is 0 Å². The van der Waals surface area contributed by atoms with E-state index < -0.39 is 15.9 Å². The topological polar surface area (TPSA) is 96.8 Å². The second kappa shape index (κ2) is 10.5. The fraction of sp³-hybridized carbons (Fsp3) is 0.360. The molecule has 3 aromatic rings. The van der Waals surface area contributed by atoms with Crippen LogP contribution in [-0.4, -0.2) is 61.2 Å². The maximum atomic E-state index is 13.5. The van der Waals surface area contributed by atoms with Gasteiger partial charge in [-0.1, -0.05) is 36.4 Å². The summed E-state index contributed by atoms with van der Waals surface area (Å²) in [6, 6.07) is 15.5. The first kappa shape index (κ1) is 24.7. The summed E-state index contributed by atoms with van der Waals surface area (Å²) in [4.78, 5) is 15.1. The Labute approximate surface area is 206 Å². The predicted octanol–water partition coefficient (Wildman–Crippen LogP) is 2.57. The van der Waals surface area contributed by atoms with E-state index in [0.29, 0.717) is 26.2 Å². The van der Waals surface area contributed by atoms with Crippen molar-refractivity contribution in [3.8, 4) is 5.75 Å². The van der Waals surface area contributed by atoms with Crippen molar-refractivity contribution in [3.05, 3.63) is 71.4 Å². The van der Waals surface area contributed by atoms with Gasteiger partial charge in [0.25, 0.3) is 15.9 Å². The van der Waals surface area contributed by atoms with Gasteiger partial charge in [-0.05, 0) is 37.1 Å². The normalized spacial score (nSPS) is 14.7. The Hall–Kier alpha value is -3.37. The first-order valence-corrected chi connectivity index (χ1v) is 13.1. The predicted molar refractivity (Wildman–Crippen MR) is 134 cm³/mol. The number of piperazine rings is 1. The lowest BCUT2D eigenvalue weighted by molar-refractivity contribution is 0.0947.